The van der Waals surface area contributed by atoms with Gasteiger partial charge in [-0.2, -0.15) is 5.10 Å². The monoisotopic (exact) mass is 556 g/mol. The molecule has 2 heterocycles. The van der Waals surface area contributed by atoms with Crippen LogP contribution in [-0.2, 0) is 0 Å². The zero-order chi connectivity index (χ0) is 25.8. The van der Waals surface area contributed by atoms with Crippen molar-refractivity contribution in [2.75, 3.05) is 6.61 Å². The Morgan fingerprint density at radius 1 is 0.892 bits per heavy atom. The van der Waals surface area contributed by atoms with E-state index >= 15 is 0 Å². The van der Waals surface area contributed by atoms with Crippen molar-refractivity contribution in [1.29, 1.82) is 0 Å². The highest BCUT2D eigenvalue weighted by molar-refractivity contribution is 6.35. The second-order valence-corrected chi connectivity index (χ2v) is 10.9. The molecular weight excluding hydrogens is 527 g/mol. The third-order valence-corrected chi connectivity index (χ3v) is 7.67. The Labute approximate surface area is 234 Å². The van der Waals surface area contributed by atoms with Gasteiger partial charge >= 0.3 is 0 Å². The smallest absolute Gasteiger partial charge is 0.213 e. The third kappa shape index (κ3) is 6.03. The second kappa shape index (κ2) is 12.0. The Balaban J connectivity index is 1.35. The van der Waals surface area contributed by atoms with Gasteiger partial charge in [0, 0.05) is 27.6 Å². The Morgan fingerprint density at radius 3 is 2.38 bits per heavy atom. The standard InChI is InChI=1S/C30H31Cl3N2O2/c1-2-3-4-5-6-7-16-36-24-14-10-21(11-15-24)30-35-28(25-17-23(32)18-26(33)29(25)37-30)19-27(34-35)20-8-12-22(31)13-9-20/h8-15,17-18,28,30H,2-7,16,19H2,1H3/t28-,30+/m0/s1. The van der Waals surface area contributed by atoms with E-state index in [9.17, 15) is 0 Å². The summed E-state index contributed by atoms with van der Waals surface area (Å²) in [5.41, 5.74) is 3.93. The second-order valence-electron chi connectivity index (χ2n) is 9.61. The zero-order valence-corrected chi connectivity index (χ0v) is 23.2. The predicted molar refractivity (Wildman–Crippen MR) is 152 cm³/mol. The first-order valence-corrected chi connectivity index (χ1v) is 14.2. The fraction of sp³-hybridized carbons (Fsp3) is 0.367. The van der Waals surface area contributed by atoms with Gasteiger partial charge in [0.05, 0.1) is 23.4 Å². The molecule has 0 amide bonds. The first kappa shape index (κ1) is 26.2. The van der Waals surface area contributed by atoms with Gasteiger partial charge in [0.1, 0.15) is 11.5 Å². The number of rotatable bonds is 10. The molecule has 3 aromatic rings. The third-order valence-electron chi connectivity index (χ3n) is 6.92. The van der Waals surface area contributed by atoms with Crippen molar-refractivity contribution >= 4 is 40.5 Å². The highest BCUT2D eigenvalue weighted by atomic mass is 35.5. The number of hydrazone groups is 1. The molecule has 2 aliphatic heterocycles. The number of ether oxygens (including phenoxy) is 2. The lowest BCUT2D eigenvalue weighted by Gasteiger charge is -2.38. The van der Waals surface area contributed by atoms with E-state index in [1.165, 1.54) is 32.1 Å². The molecule has 37 heavy (non-hydrogen) atoms. The fourth-order valence-corrected chi connectivity index (χ4v) is 5.63. The molecule has 194 valence electrons. The highest BCUT2D eigenvalue weighted by Crippen LogP contribution is 2.50. The molecule has 0 bridgehead atoms. The van der Waals surface area contributed by atoms with Crippen molar-refractivity contribution in [3.05, 3.63) is 92.4 Å². The average Bonchev–Trinajstić information content (AvgIpc) is 3.35. The first-order chi connectivity index (χ1) is 18.0. The van der Waals surface area contributed by atoms with E-state index in [0.717, 1.165) is 41.2 Å². The molecule has 0 aromatic heterocycles. The van der Waals surface area contributed by atoms with Gasteiger partial charge in [-0.3, -0.25) is 0 Å². The quantitative estimate of drug-likeness (QED) is 0.233. The highest BCUT2D eigenvalue weighted by Gasteiger charge is 2.42. The van der Waals surface area contributed by atoms with Crippen LogP contribution < -0.4 is 9.47 Å². The Bertz CT molecular complexity index is 1240. The Morgan fingerprint density at radius 2 is 1.62 bits per heavy atom. The fourth-order valence-electron chi connectivity index (χ4n) is 4.95. The molecule has 0 saturated carbocycles. The van der Waals surface area contributed by atoms with Gasteiger partial charge in [0.15, 0.2) is 0 Å². The maximum absolute atomic E-state index is 6.60. The molecule has 0 aliphatic carbocycles. The van der Waals surface area contributed by atoms with Crippen molar-refractivity contribution < 1.29 is 9.47 Å². The van der Waals surface area contributed by atoms with Crippen LogP contribution in [0.25, 0.3) is 0 Å². The van der Waals surface area contributed by atoms with Crippen LogP contribution >= 0.6 is 34.8 Å². The number of unbranched alkanes of at least 4 members (excludes halogenated alkanes) is 5. The van der Waals surface area contributed by atoms with Crippen molar-refractivity contribution in [1.82, 2.24) is 5.01 Å². The molecule has 7 heteroatoms. The van der Waals surface area contributed by atoms with E-state index in [2.05, 4.69) is 6.92 Å². The van der Waals surface area contributed by atoms with E-state index < -0.39 is 6.23 Å². The molecule has 0 N–H and O–H groups in total. The van der Waals surface area contributed by atoms with Crippen molar-refractivity contribution in [2.24, 2.45) is 5.10 Å². The van der Waals surface area contributed by atoms with Gasteiger partial charge in [-0.25, -0.2) is 5.01 Å². The van der Waals surface area contributed by atoms with Crippen LogP contribution in [0.4, 0.5) is 0 Å². The van der Waals surface area contributed by atoms with Crippen LogP contribution in [0.5, 0.6) is 11.5 Å². The van der Waals surface area contributed by atoms with Gasteiger partial charge in [0.25, 0.3) is 0 Å². The summed E-state index contributed by atoms with van der Waals surface area (Å²) in [6.07, 6.45) is 7.75. The van der Waals surface area contributed by atoms with Gasteiger partial charge < -0.3 is 9.47 Å². The maximum Gasteiger partial charge on any atom is 0.213 e. The average molecular weight is 558 g/mol. The molecule has 0 radical (unpaired) electrons. The topological polar surface area (TPSA) is 34.1 Å². The number of hydrogen-bond donors (Lipinski definition) is 0. The van der Waals surface area contributed by atoms with E-state index in [-0.39, 0.29) is 6.04 Å². The van der Waals surface area contributed by atoms with Crippen molar-refractivity contribution in [3.8, 4) is 11.5 Å². The maximum atomic E-state index is 6.60. The molecule has 0 fully saturated rings. The Hall–Kier alpha value is -2.40. The van der Waals surface area contributed by atoms with Crippen molar-refractivity contribution in [3.63, 3.8) is 0 Å². The molecule has 5 rings (SSSR count). The first-order valence-electron chi connectivity index (χ1n) is 13.0. The number of halogens is 3. The van der Waals surface area contributed by atoms with Crippen LogP contribution in [-0.4, -0.2) is 17.3 Å². The van der Waals surface area contributed by atoms with Gasteiger partial charge in [-0.15, -0.1) is 0 Å². The summed E-state index contributed by atoms with van der Waals surface area (Å²) in [6.45, 7) is 2.97. The van der Waals surface area contributed by atoms with Crippen LogP contribution in [0.1, 0.15) is 80.8 Å². The van der Waals surface area contributed by atoms with Gasteiger partial charge in [-0.05, 0) is 60.5 Å². The summed E-state index contributed by atoms with van der Waals surface area (Å²) in [6, 6.07) is 19.5. The zero-order valence-electron chi connectivity index (χ0n) is 20.9. The lowest BCUT2D eigenvalue weighted by molar-refractivity contribution is -0.0189. The summed E-state index contributed by atoms with van der Waals surface area (Å²) in [5, 5.41) is 8.81. The summed E-state index contributed by atoms with van der Waals surface area (Å²) >= 11 is 19.1. The lowest BCUT2D eigenvalue weighted by Crippen LogP contribution is -2.33. The molecule has 2 atom stereocenters. The number of nitrogens with zero attached hydrogens (tertiary/aromatic N) is 2. The van der Waals surface area contributed by atoms with Crippen molar-refractivity contribution in [2.45, 2.75) is 64.1 Å². The minimum Gasteiger partial charge on any atom is -0.494 e. The van der Waals surface area contributed by atoms with Crippen LogP contribution in [0, 0.1) is 0 Å². The molecule has 0 spiro atoms. The molecule has 3 aromatic carbocycles. The summed E-state index contributed by atoms with van der Waals surface area (Å²) in [5.74, 6) is 1.52. The largest absolute Gasteiger partial charge is 0.494 e. The van der Waals surface area contributed by atoms with E-state index in [1.807, 2.05) is 59.6 Å². The van der Waals surface area contributed by atoms with E-state index in [1.54, 1.807) is 6.07 Å². The molecule has 0 saturated heterocycles. The minimum absolute atomic E-state index is 0.0423. The predicted octanol–water partition coefficient (Wildman–Crippen LogP) is 9.63. The van der Waals surface area contributed by atoms with Gasteiger partial charge in [0.2, 0.25) is 6.23 Å². The normalized spacial score (nSPS) is 18.2. The molecule has 4 nitrogen and oxygen atoms in total. The molecular formula is C30H31Cl3N2O2. The lowest BCUT2D eigenvalue weighted by atomic mass is 9.96. The number of hydrogen-bond acceptors (Lipinski definition) is 4. The van der Waals surface area contributed by atoms with Gasteiger partial charge in [-0.1, -0.05) is 86.0 Å². The van der Waals surface area contributed by atoms with Crippen LogP contribution in [0.2, 0.25) is 15.1 Å². The summed E-state index contributed by atoms with van der Waals surface area (Å²) in [7, 11) is 0. The van der Waals surface area contributed by atoms with Crippen LogP contribution in [0.3, 0.4) is 0 Å². The number of fused-ring (bicyclic) bond motifs is 3. The summed E-state index contributed by atoms with van der Waals surface area (Å²) in [4.78, 5) is 0. The van der Waals surface area contributed by atoms with Crippen LogP contribution in [0.15, 0.2) is 65.8 Å². The number of benzene rings is 3. The SMILES string of the molecule is CCCCCCCCOc1ccc([C@H]2Oc3c(Cl)cc(Cl)cc3[C@@H]3CC(c4ccc(Cl)cc4)=NN23)cc1. The molecule has 0 unspecified atom stereocenters. The summed E-state index contributed by atoms with van der Waals surface area (Å²) < 4.78 is 12.5. The van der Waals surface area contributed by atoms with E-state index in [4.69, 9.17) is 49.4 Å². The Kier molecular flexibility index (Phi) is 8.49. The molecule has 2 aliphatic rings. The minimum atomic E-state index is -0.423. The van der Waals surface area contributed by atoms with E-state index in [0.29, 0.717) is 27.2 Å².